The molecular formula is C34H26BrN. The molecule has 1 nitrogen and oxygen atoms in total. The number of benzene rings is 5. The second kappa shape index (κ2) is 11.5. The summed E-state index contributed by atoms with van der Waals surface area (Å²) in [5, 5.41) is 0. The highest BCUT2D eigenvalue weighted by molar-refractivity contribution is 9.10. The largest absolute Gasteiger partial charge is 0.311 e. The third kappa shape index (κ3) is 6.10. The van der Waals surface area contributed by atoms with Gasteiger partial charge in [-0.3, -0.25) is 0 Å². The molecule has 0 radical (unpaired) electrons. The number of anilines is 3. The number of hydrogen-bond acceptors (Lipinski definition) is 1. The van der Waals surface area contributed by atoms with E-state index in [-0.39, 0.29) is 0 Å². The van der Waals surface area contributed by atoms with E-state index in [9.17, 15) is 0 Å². The van der Waals surface area contributed by atoms with Gasteiger partial charge in [0.2, 0.25) is 0 Å². The number of nitrogens with zero attached hydrogens (tertiary/aromatic N) is 1. The Kier molecular flexibility index (Phi) is 7.55. The Labute approximate surface area is 221 Å². The molecule has 0 unspecified atom stereocenters. The molecular weight excluding hydrogens is 502 g/mol. The average Bonchev–Trinajstić information content (AvgIpc) is 2.93. The van der Waals surface area contributed by atoms with Crippen molar-refractivity contribution in [2.24, 2.45) is 0 Å². The first-order valence-corrected chi connectivity index (χ1v) is 12.8. The van der Waals surface area contributed by atoms with Crippen molar-refractivity contribution in [3.63, 3.8) is 0 Å². The molecule has 0 saturated heterocycles. The Morgan fingerprint density at radius 2 is 0.806 bits per heavy atom. The normalized spacial score (nSPS) is 11.2. The van der Waals surface area contributed by atoms with Gasteiger partial charge in [0.1, 0.15) is 0 Å². The minimum Gasteiger partial charge on any atom is -0.311 e. The summed E-state index contributed by atoms with van der Waals surface area (Å²) in [5.41, 5.74) is 8.11. The number of hydrogen-bond donors (Lipinski definition) is 0. The van der Waals surface area contributed by atoms with Crippen LogP contribution < -0.4 is 4.90 Å². The summed E-state index contributed by atoms with van der Waals surface area (Å²) in [6.45, 7) is 0. The van der Waals surface area contributed by atoms with Crippen molar-refractivity contribution in [3.05, 3.63) is 160 Å². The van der Waals surface area contributed by atoms with Gasteiger partial charge in [-0.1, -0.05) is 125 Å². The van der Waals surface area contributed by atoms with E-state index in [2.05, 4.69) is 154 Å². The molecule has 5 rings (SSSR count). The van der Waals surface area contributed by atoms with Crippen molar-refractivity contribution in [2.45, 2.75) is 0 Å². The third-order valence-electron chi connectivity index (χ3n) is 5.90. The van der Waals surface area contributed by atoms with Gasteiger partial charge in [0.15, 0.2) is 0 Å². The lowest BCUT2D eigenvalue weighted by Gasteiger charge is -2.25. The molecule has 0 aromatic heterocycles. The van der Waals surface area contributed by atoms with E-state index in [1.54, 1.807) is 0 Å². The van der Waals surface area contributed by atoms with E-state index in [0.717, 1.165) is 21.5 Å². The molecule has 0 aliphatic heterocycles. The van der Waals surface area contributed by atoms with Gasteiger partial charge in [0, 0.05) is 21.5 Å². The van der Waals surface area contributed by atoms with Crippen LogP contribution in [0.2, 0.25) is 0 Å². The predicted octanol–water partition coefficient (Wildman–Crippen LogP) is 10.3. The van der Waals surface area contributed by atoms with Crippen LogP contribution in [0.15, 0.2) is 138 Å². The molecule has 5 aromatic carbocycles. The van der Waals surface area contributed by atoms with E-state index >= 15 is 0 Å². The van der Waals surface area contributed by atoms with Crippen molar-refractivity contribution in [2.75, 3.05) is 4.90 Å². The van der Waals surface area contributed by atoms with Gasteiger partial charge in [-0.05, 0) is 70.8 Å². The van der Waals surface area contributed by atoms with E-state index in [4.69, 9.17) is 0 Å². The minimum atomic E-state index is 1.09. The maximum absolute atomic E-state index is 3.52. The standard InChI is InChI=1S/C34H26BrN/c35-31-9-7-8-30(26-31)21-20-28-16-14-27(15-17-28)18-19-29-22-24-34(25-23-29)36(32-10-3-1-4-11-32)33-12-5-2-6-13-33/h1-26H. The van der Waals surface area contributed by atoms with Crippen molar-refractivity contribution in [1.29, 1.82) is 0 Å². The van der Waals surface area contributed by atoms with Crippen LogP contribution in [-0.2, 0) is 0 Å². The molecule has 0 amide bonds. The average molecular weight is 528 g/mol. The second-order valence-electron chi connectivity index (χ2n) is 8.49. The maximum Gasteiger partial charge on any atom is 0.0462 e. The van der Waals surface area contributed by atoms with Crippen LogP contribution in [0.25, 0.3) is 24.3 Å². The summed E-state index contributed by atoms with van der Waals surface area (Å²) in [5.74, 6) is 0. The first kappa shape index (κ1) is 23.6. The van der Waals surface area contributed by atoms with Gasteiger partial charge in [-0.2, -0.15) is 0 Å². The Morgan fingerprint density at radius 3 is 1.28 bits per heavy atom. The van der Waals surface area contributed by atoms with Crippen LogP contribution in [0.4, 0.5) is 17.1 Å². The van der Waals surface area contributed by atoms with Gasteiger partial charge in [-0.15, -0.1) is 0 Å². The molecule has 2 heteroatoms. The lowest BCUT2D eigenvalue weighted by molar-refractivity contribution is 1.28. The van der Waals surface area contributed by atoms with Crippen molar-refractivity contribution < 1.29 is 0 Å². The van der Waals surface area contributed by atoms with Crippen LogP contribution in [0, 0.1) is 0 Å². The first-order valence-electron chi connectivity index (χ1n) is 12.0. The quantitative estimate of drug-likeness (QED) is 0.190. The summed E-state index contributed by atoms with van der Waals surface area (Å²) < 4.78 is 1.09. The zero-order valence-corrected chi connectivity index (χ0v) is 21.4. The molecule has 5 aromatic rings. The van der Waals surface area contributed by atoms with Crippen LogP contribution in [0.3, 0.4) is 0 Å². The lowest BCUT2D eigenvalue weighted by Crippen LogP contribution is -2.09. The second-order valence-corrected chi connectivity index (χ2v) is 9.40. The molecule has 0 spiro atoms. The topological polar surface area (TPSA) is 3.24 Å². The lowest BCUT2D eigenvalue weighted by atomic mass is 10.1. The fourth-order valence-electron chi connectivity index (χ4n) is 4.05. The van der Waals surface area contributed by atoms with Crippen LogP contribution >= 0.6 is 15.9 Å². The van der Waals surface area contributed by atoms with Crippen LogP contribution in [-0.4, -0.2) is 0 Å². The van der Waals surface area contributed by atoms with Gasteiger partial charge in [0.25, 0.3) is 0 Å². The zero-order valence-electron chi connectivity index (χ0n) is 19.8. The molecule has 174 valence electrons. The molecule has 0 fully saturated rings. The van der Waals surface area contributed by atoms with E-state index < -0.39 is 0 Å². The highest BCUT2D eigenvalue weighted by Crippen LogP contribution is 2.34. The monoisotopic (exact) mass is 527 g/mol. The Bertz CT molecular complexity index is 1410. The van der Waals surface area contributed by atoms with Crippen molar-refractivity contribution >= 4 is 57.3 Å². The molecule has 0 heterocycles. The highest BCUT2D eigenvalue weighted by atomic mass is 79.9. The number of para-hydroxylation sites is 2. The van der Waals surface area contributed by atoms with Gasteiger partial charge in [-0.25, -0.2) is 0 Å². The minimum absolute atomic E-state index is 1.09. The molecule has 0 saturated carbocycles. The maximum atomic E-state index is 3.52. The van der Waals surface area contributed by atoms with Crippen LogP contribution in [0.1, 0.15) is 22.3 Å². The Hall–Kier alpha value is -4.14. The third-order valence-corrected chi connectivity index (χ3v) is 6.39. The molecule has 0 N–H and O–H groups in total. The van der Waals surface area contributed by atoms with Crippen molar-refractivity contribution in [3.8, 4) is 0 Å². The summed E-state index contributed by atoms with van der Waals surface area (Å²) in [6, 6.07) is 46.5. The van der Waals surface area contributed by atoms with E-state index in [1.165, 1.54) is 22.3 Å². The van der Waals surface area contributed by atoms with E-state index in [0.29, 0.717) is 0 Å². The molecule has 0 aliphatic carbocycles. The SMILES string of the molecule is Brc1cccc(C=Cc2ccc(C=Cc3ccc(N(c4ccccc4)c4ccccc4)cc3)cc2)c1. The van der Waals surface area contributed by atoms with Crippen LogP contribution in [0.5, 0.6) is 0 Å². The van der Waals surface area contributed by atoms with Gasteiger partial charge in [0.05, 0.1) is 0 Å². The predicted molar refractivity (Wildman–Crippen MR) is 160 cm³/mol. The van der Waals surface area contributed by atoms with Gasteiger partial charge >= 0.3 is 0 Å². The molecule has 36 heavy (non-hydrogen) atoms. The molecule has 0 atom stereocenters. The smallest absolute Gasteiger partial charge is 0.0462 e. The molecule has 0 bridgehead atoms. The number of halogens is 1. The fourth-order valence-corrected chi connectivity index (χ4v) is 4.47. The zero-order chi connectivity index (χ0) is 24.6. The first-order chi connectivity index (χ1) is 17.7. The summed E-state index contributed by atoms with van der Waals surface area (Å²) in [7, 11) is 0. The summed E-state index contributed by atoms with van der Waals surface area (Å²) in [6.07, 6.45) is 8.58. The summed E-state index contributed by atoms with van der Waals surface area (Å²) in [4.78, 5) is 2.27. The Morgan fingerprint density at radius 1 is 0.389 bits per heavy atom. The molecule has 0 aliphatic rings. The Balaban J connectivity index is 1.30. The van der Waals surface area contributed by atoms with Gasteiger partial charge < -0.3 is 4.90 Å². The highest BCUT2D eigenvalue weighted by Gasteiger charge is 2.11. The van der Waals surface area contributed by atoms with E-state index in [1.807, 2.05) is 24.3 Å². The number of rotatable bonds is 7. The fraction of sp³-hybridized carbons (Fsp3) is 0. The summed E-state index contributed by atoms with van der Waals surface area (Å²) >= 11 is 3.52. The van der Waals surface area contributed by atoms with Crippen molar-refractivity contribution in [1.82, 2.24) is 0 Å².